The second kappa shape index (κ2) is 4.30. The number of hydrogen-bond acceptors (Lipinski definition) is 2. The predicted molar refractivity (Wildman–Crippen MR) is 71.6 cm³/mol. The molecule has 2 rings (SSSR count). The van der Waals surface area contributed by atoms with E-state index in [1.165, 1.54) is 5.56 Å². The smallest absolute Gasteiger partial charge is 0.0352 e. The molecule has 0 radical (unpaired) electrons. The Morgan fingerprint density at radius 1 is 1.06 bits per heavy atom. The molecule has 0 aliphatic heterocycles. The molecule has 1 heterocycles. The molecule has 0 saturated carbocycles. The van der Waals surface area contributed by atoms with Crippen molar-refractivity contribution in [3.8, 4) is 11.1 Å². The van der Waals surface area contributed by atoms with Crippen LogP contribution in [0.15, 0.2) is 42.7 Å². The Morgan fingerprint density at radius 3 is 2.47 bits per heavy atom. The highest BCUT2D eigenvalue weighted by molar-refractivity contribution is 5.64. The lowest BCUT2D eigenvalue weighted by Gasteiger charge is -2.19. The molecule has 0 unspecified atom stereocenters. The van der Waals surface area contributed by atoms with E-state index < -0.39 is 0 Å². The third-order valence-electron chi connectivity index (χ3n) is 2.81. The Kier molecular flexibility index (Phi) is 2.99. The van der Waals surface area contributed by atoms with Crippen LogP contribution in [0.25, 0.3) is 11.1 Å². The summed E-state index contributed by atoms with van der Waals surface area (Å²) in [4.78, 5) is 4.22. The van der Waals surface area contributed by atoms with Crippen molar-refractivity contribution in [2.24, 2.45) is 5.73 Å². The molecule has 0 bridgehead atoms. The molecule has 0 spiro atoms. The quantitative estimate of drug-likeness (QED) is 0.853. The van der Waals surface area contributed by atoms with Crippen LogP contribution in [-0.4, -0.2) is 4.98 Å². The highest BCUT2D eigenvalue weighted by atomic mass is 14.7. The van der Waals surface area contributed by atoms with Gasteiger partial charge < -0.3 is 5.73 Å². The Morgan fingerprint density at radius 2 is 1.82 bits per heavy atom. The summed E-state index contributed by atoms with van der Waals surface area (Å²) in [5.41, 5.74) is 10.4. The number of aryl methyl sites for hydroxylation is 1. The van der Waals surface area contributed by atoms with Gasteiger partial charge in [-0.1, -0.05) is 18.2 Å². The maximum atomic E-state index is 6.12. The summed E-state index contributed by atoms with van der Waals surface area (Å²) in [7, 11) is 0. The zero-order valence-electron chi connectivity index (χ0n) is 10.6. The van der Waals surface area contributed by atoms with Crippen molar-refractivity contribution in [3.63, 3.8) is 0 Å². The molecule has 0 atom stereocenters. The fourth-order valence-electron chi connectivity index (χ4n) is 1.81. The molecule has 2 N–H and O–H groups in total. The van der Waals surface area contributed by atoms with Gasteiger partial charge >= 0.3 is 0 Å². The molecule has 1 aromatic carbocycles. The summed E-state index contributed by atoms with van der Waals surface area (Å²) in [6.07, 6.45) is 3.75. The Balaban J connectivity index is 2.47. The summed E-state index contributed by atoms with van der Waals surface area (Å²) in [5.74, 6) is 0. The molecule has 88 valence electrons. The molecule has 17 heavy (non-hydrogen) atoms. The zero-order valence-corrected chi connectivity index (χ0v) is 10.6. The van der Waals surface area contributed by atoms with Gasteiger partial charge in [-0.3, -0.25) is 4.98 Å². The van der Waals surface area contributed by atoms with Crippen LogP contribution in [0.1, 0.15) is 25.0 Å². The zero-order chi connectivity index (χ0) is 12.5. The molecule has 0 amide bonds. The van der Waals surface area contributed by atoms with E-state index >= 15 is 0 Å². The third-order valence-corrected chi connectivity index (χ3v) is 2.81. The molecule has 0 saturated heterocycles. The standard InChI is InChI=1S/C15H18N2/c1-11-7-13(10-17-9-11)12-5-4-6-14(8-12)15(2,3)16/h4-10H,16H2,1-3H3. The van der Waals surface area contributed by atoms with Crippen LogP contribution < -0.4 is 5.73 Å². The average Bonchev–Trinajstić information content (AvgIpc) is 2.28. The maximum Gasteiger partial charge on any atom is 0.0352 e. The van der Waals surface area contributed by atoms with Crippen LogP contribution >= 0.6 is 0 Å². The minimum Gasteiger partial charge on any atom is -0.322 e. The van der Waals surface area contributed by atoms with Gasteiger partial charge in [0.15, 0.2) is 0 Å². The first-order chi connectivity index (χ1) is 7.97. The number of rotatable bonds is 2. The van der Waals surface area contributed by atoms with E-state index in [2.05, 4.69) is 29.2 Å². The molecule has 2 aromatic rings. The fourth-order valence-corrected chi connectivity index (χ4v) is 1.81. The van der Waals surface area contributed by atoms with Gasteiger partial charge in [0.1, 0.15) is 0 Å². The number of nitrogens with zero attached hydrogens (tertiary/aromatic N) is 1. The van der Waals surface area contributed by atoms with E-state index in [9.17, 15) is 0 Å². The lowest BCUT2D eigenvalue weighted by atomic mass is 9.92. The van der Waals surface area contributed by atoms with Gasteiger partial charge in [-0.25, -0.2) is 0 Å². The SMILES string of the molecule is Cc1cncc(-c2cccc(C(C)(C)N)c2)c1. The molecule has 1 aromatic heterocycles. The lowest BCUT2D eigenvalue weighted by molar-refractivity contribution is 0.554. The topological polar surface area (TPSA) is 38.9 Å². The molecule has 0 aliphatic rings. The first-order valence-electron chi connectivity index (χ1n) is 5.78. The Bertz CT molecular complexity index is 524. The summed E-state index contributed by atoms with van der Waals surface area (Å²) in [6.45, 7) is 6.08. The van der Waals surface area contributed by atoms with Crippen LogP contribution in [0.2, 0.25) is 0 Å². The van der Waals surface area contributed by atoms with Crippen LogP contribution in [0.5, 0.6) is 0 Å². The van der Waals surface area contributed by atoms with E-state index in [0.717, 1.165) is 16.7 Å². The summed E-state index contributed by atoms with van der Waals surface area (Å²) in [5, 5.41) is 0. The molecule has 0 fully saturated rings. The second-order valence-corrected chi connectivity index (χ2v) is 5.05. The minimum absolute atomic E-state index is 0.312. The van der Waals surface area contributed by atoms with E-state index in [1.54, 1.807) is 0 Å². The molecule has 2 heteroatoms. The predicted octanol–water partition coefficient (Wildman–Crippen LogP) is 3.25. The van der Waals surface area contributed by atoms with Crippen LogP contribution in [0.3, 0.4) is 0 Å². The highest BCUT2D eigenvalue weighted by Gasteiger charge is 2.14. The second-order valence-electron chi connectivity index (χ2n) is 5.05. The van der Waals surface area contributed by atoms with Crippen LogP contribution in [0, 0.1) is 6.92 Å². The minimum atomic E-state index is -0.312. The van der Waals surface area contributed by atoms with Crippen molar-refractivity contribution in [1.82, 2.24) is 4.98 Å². The molecular weight excluding hydrogens is 208 g/mol. The maximum absolute atomic E-state index is 6.12. The first kappa shape index (κ1) is 11.8. The number of aromatic nitrogens is 1. The highest BCUT2D eigenvalue weighted by Crippen LogP contribution is 2.24. The van der Waals surface area contributed by atoms with Gasteiger partial charge in [0, 0.05) is 23.5 Å². The summed E-state index contributed by atoms with van der Waals surface area (Å²) in [6, 6.07) is 10.5. The first-order valence-corrected chi connectivity index (χ1v) is 5.78. The van der Waals surface area contributed by atoms with Gasteiger partial charge in [-0.2, -0.15) is 0 Å². The third kappa shape index (κ3) is 2.71. The summed E-state index contributed by atoms with van der Waals surface area (Å²) >= 11 is 0. The summed E-state index contributed by atoms with van der Waals surface area (Å²) < 4.78 is 0. The Hall–Kier alpha value is -1.67. The van der Waals surface area contributed by atoms with Crippen molar-refractivity contribution in [2.75, 3.05) is 0 Å². The normalized spacial score (nSPS) is 11.5. The largest absolute Gasteiger partial charge is 0.322 e. The number of benzene rings is 1. The monoisotopic (exact) mass is 226 g/mol. The van der Waals surface area contributed by atoms with E-state index in [1.807, 2.05) is 39.2 Å². The molecular formula is C15H18N2. The Labute approximate surface area is 103 Å². The number of hydrogen-bond donors (Lipinski definition) is 1. The van der Waals surface area contributed by atoms with E-state index in [-0.39, 0.29) is 5.54 Å². The van der Waals surface area contributed by atoms with Crippen molar-refractivity contribution in [1.29, 1.82) is 0 Å². The van der Waals surface area contributed by atoms with E-state index in [0.29, 0.717) is 0 Å². The van der Waals surface area contributed by atoms with Crippen LogP contribution in [0.4, 0.5) is 0 Å². The van der Waals surface area contributed by atoms with Crippen molar-refractivity contribution < 1.29 is 0 Å². The number of pyridine rings is 1. The van der Waals surface area contributed by atoms with Crippen molar-refractivity contribution in [2.45, 2.75) is 26.3 Å². The lowest BCUT2D eigenvalue weighted by Crippen LogP contribution is -2.28. The molecule has 0 aliphatic carbocycles. The average molecular weight is 226 g/mol. The van der Waals surface area contributed by atoms with Gasteiger partial charge in [0.2, 0.25) is 0 Å². The van der Waals surface area contributed by atoms with E-state index in [4.69, 9.17) is 5.73 Å². The van der Waals surface area contributed by atoms with Gasteiger partial charge in [0.25, 0.3) is 0 Å². The van der Waals surface area contributed by atoms with Crippen molar-refractivity contribution in [3.05, 3.63) is 53.9 Å². The van der Waals surface area contributed by atoms with Crippen LogP contribution in [-0.2, 0) is 5.54 Å². The van der Waals surface area contributed by atoms with Crippen molar-refractivity contribution >= 4 is 0 Å². The molecule has 2 nitrogen and oxygen atoms in total. The fraction of sp³-hybridized carbons (Fsp3) is 0.267. The number of nitrogens with two attached hydrogens (primary N) is 1. The van der Waals surface area contributed by atoms with Gasteiger partial charge in [0.05, 0.1) is 0 Å². The van der Waals surface area contributed by atoms with Gasteiger partial charge in [-0.05, 0) is 49.6 Å². The van der Waals surface area contributed by atoms with Gasteiger partial charge in [-0.15, -0.1) is 0 Å².